The van der Waals surface area contributed by atoms with Crippen molar-refractivity contribution >= 4 is 32.7 Å². The monoisotopic (exact) mass is 276 g/mol. The molecule has 1 fully saturated rings. The number of fused-ring (bicyclic) bond motifs is 1. The van der Waals surface area contributed by atoms with E-state index in [4.69, 9.17) is 9.47 Å². The molecule has 0 atom stereocenters. The molecule has 2 aromatic rings. The van der Waals surface area contributed by atoms with Gasteiger partial charge in [0.1, 0.15) is 5.75 Å². The van der Waals surface area contributed by atoms with Crippen molar-refractivity contribution in [3.05, 3.63) is 30.0 Å². The molecule has 0 radical (unpaired) electrons. The molecule has 2 heterocycles. The van der Waals surface area contributed by atoms with Gasteiger partial charge in [-0.05, 0) is 18.2 Å². The first-order chi connectivity index (χ1) is 9.26. The lowest BCUT2D eigenvalue weighted by Crippen LogP contribution is -1.97. The number of carbonyl (C=O) groups excluding carboxylic acids is 1. The summed E-state index contributed by atoms with van der Waals surface area (Å²) in [4.78, 5) is 15.7. The molecule has 1 aromatic carbocycles. The predicted octanol–water partition coefficient (Wildman–Crippen LogP) is 2.55. The topological polar surface area (TPSA) is 60.4 Å². The van der Waals surface area contributed by atoms with Crippen molar-refractivity contribution in [2.24, 2.45) is 0 Å². The second-order valence-electron chi connectivity index (χ2n) is 4.05. The van der Waals surface area contributed by atoms with Gasteiger partial charge in [-0.1, -0.05) is 11.3 Å². The third kappa shape index (κ3) is 2.39. The van der Waals surface area contributed by atoms with Crippen LogP contribution in [0.4, 0.5) is 5.13 Å². The van der Waals surface area contributed by atoms with E-state index in [1.54, 1.807) is 13.3 Å². The summed E-state index contributed by atoms with van der Waals surface area (Å²) in [7, 11) is 1.64. The van der Waals surface area contributed by atoms with Gasteiger partial charge in [-0.15, -0.1) is 0 Å². The molecule has 1 aliphatic heterocycles. The van der Waals surface area contributed by atoms with Gasteiger partial charge in [0.25, 0.3) is 0 Å². The van der Waals surface area contributed by atoms with Gasteiger partial charge in [-0.25, -0.2) is 9.78 Å². The van der Waals surface area contributed by atoms with Gasteiger partial charge in [0.2, 0.25) is 0 Å². The molecule has 1 N–H and O–H groups in total. The minimum atomic E-state index is -0.254. The average molecular weight is 276 g/mol. The lowest BCUT2D eigenvalue weighted by atomic mass is 10.2. The van der Waals surface area contributed by atoms with Crippen LogP contribution in [0.3, 0.4) is 0 Å². The summed E-state index contributed by atoms with van der Waals surface area (Å²) >= 11 is 1.51. The molecule has 1 saturated heterocycles. The third-order valence-electron chi connectivity index (χ3n) is 2.83. The van der Waals surface area contributed by atoms with Crippen molar-refractivity contribution in [2.45, 2.75) is 6.42 Å². The summed E-state index contributed by atoms with van der Waals surface area (Å²) in [6.45, 7) is 0.462. The SMILES string of the molecule is COc1ccc2nc(N/C=C3/CCOC3=O)sc2c1. The Balaban J connectivity index is 1.83. The number of nitrogens with zero attached hydrogens (tertiary/aromatic N) is 1. The van der Waals surface area contributed by atoms with Gasteiger partial charge in [-0.2, -0.15) is 0 Å². The molecule has 98 valence electrons. The number of aromatic nitrogens is 1. The number of benzene rings is 1. The molecule has 5 nitrogen and oxygen atoms in total. The molecule has 0 saturated carbocycles. The van der Waals surface area contributed by atoms with Crippen LogP contribution in [0.15, 0.2) is 30.0 Å². The zero-order valence-corrected chi connectivity index (χ0v) is 11.1. The second-order valence-corrected chi connectivity index (χ2v) is 5.08. The minimum Gasteiger partial charge on any atom is -0.497 e. The fourth-order valence-corrected chi connectivity index (χ4v) is 2.69. The number of esters is 1. The van der Waals surface area contributed by atoms with Crippen molar-refractivity contribution in [2.75, 3.05) is 19.0 Å². The minimum absolute atomic E-state index is 0.254. The van der Waals surface area contributed by atoms with Crippen LogP contribution in [0.2, 0.25) is 0 Å². The first kappa shape index (κ1) is 12.0. The largest absolute Gasteiger partial charge is 0.497 e. The Hall–Kier alpha value is -2.08. The maximum absolute atomic E-state index is 11.3. The van der Waals surface area contributed by atoms with Crippen LogP contribution < -0.4 is 10.1 Å². The number of rotatable bonds is 3. The Morgan fingerprint density at radius 2 is 2.42 bits per heavy atom. The summed E-state index contributed by atoms with van der Waals surface area (Å²) in [5.41, 5.74) is 1.55. The fourth-order valence-electron chi connectivity index (χ4n) is 1.82. The number of thiazole rings is 1. The van der Waals surface area contributed by atoms with Gasteiger partial charge in [0, 0.05) is 12.6 Å². The van der Waals surface area contributed by atoms with Crippen molar-refractivity contribution in [3.8, 4) is 5.75 Å². The molecule has 1 aliphatic rings. The van der Waals surface area contributed by atoms with Crippen LogP contribution in [0.25, 0.3) is 10.2 Å². The predicted molar refractivity (Wildman–Crippen MR) is 73.5 cm³/mol. The van der Waals surface area contributed by atoms with Gasteiger partial charge < -0.3 is 14.8 Å². The Kier molecular flexibility index (Phi) is 3.08. The number of nitrogens with one attached hydrogen (secondary N) is 1. The normalized spacial score (nSPS) is 16.9. The Bertz CT molecular complexity index is 663. The van der Waals surface area contributed by atoms with Crippen LogP contribution in [-0.4, -0.2) is 24.7 Å². The van der Waals surface area contributed by atoms with Crippen LogP contribution in [-0.2, 0) is 9.53 Å². The maximum Gasteiger partial charge on any atom is 0.335 e. The van der Waals surface area contributed by atoms with Crippen molar-refractivity contribution in [1.82, 2.24) is 4.98 Å². The number of hydrogen-bond donors (Lipinski definition) is 1. The number of anilines is 1. The van der Waals surface area contributed by atoms with E-state index in [-0.39, 0.29) is 5.97 Å². The molecular weight excluding hydrogens is 264 g/mol. The maximum atomic E-state index is 11.3. The number of hydrogen-bond acceptors (Lipinski definition) is 6. The van der Waals surface area contributed by atoms with E-state index < -0.39 is 0 Å². The third-order valence-corrected chi connectivity index (χ3v) is 3.78. The Morgan fingerprint density at radius 1 is 1.53 bits per heavy atom. The van der Waals surface area contributed by atoms with E-state index in [0.29, 0.717) is 18.6 Å². The molecular formula is C13H12N2O3S. The van der Waals surface area contributed by atoms with E-state index >= 15 is 0 Å². The lowest BCUT2D eigenvalue weighted by Gasteiger charge is -1.96. The van der Waals surface area contributed by atoms with E-state index in [1.165, 1.54) is 11.3 Å². The van der Waals surface area contributed by atoms with Crippen LogP contribution in [0.5, 0.6) is 5.75 Å². The van der Waals surface area contributed by atoms with E-state index in [0.717, 1.165) is 21.1 Å². The highest BCUT2D eigenvalue weighted by Gasteiger charge is 2.18. The fraction of sp³-hybridized carbons (Fsp3) is 0.231. The smallest absolute Gasteiger partial charge is 0.335 e. The van der Waals surface area contributed by atoms with Gasteiger partial charge in [0.05, 0.1) is 29.5 Å². The van der Waals surface area contributed by atoms with E-state index in [2.05, 4.69) is 10.3 Å². The van der Waals surface area contributed by atoms with Gasteiger partial charge >= 0.3 is 5.97 Å². The highest BCUT2D eigenvalue weighted by molar-refractivity contribution is 7.22. The van der Waals surface area contributed by atoms with Gasteiger partial charge in [-0.3, -0.25) is 0 Å². The highest BCUT2D eigenvalue weighted by Crippen LogP contribution is 2.29. The summed E-state index contributed by atoms with van der Waals surface area (Å²) < 4.78 is 11.1. The number of carbonyl (C=O) groups is 1. The first-order valence-corrected chi connectivity index (χ1v) is 6.65. The van der Waals surface area contributed by atoms with Crippen LogP contribution >= 0.6 is 11.3 Å². The zero-order valence-electron chi connectivity index (χ0n) is 10.3. The average Bonchev–Trinajstić information content (AvgIpc) is 3.01. The van der Waals surface area contributed by atoms with Crippen LogP contribution in [0.1, 0.15) is 6.42 Å². The zero-order chi connectivity index (χ0) is 13.2. The number of methoxy groups -OCH3 is 1. The summed E-state index contributed by atoms with van der Waals surface area (Å²) in [5.74, 6) is 0.552. The highest BCUT2D eigenvalue weighted by atomic mass is 32.1. The molecule has 1 aromatic heterocycles. The molecule has 19 heavy (non-hydrogen) atoms. The standard InChI is InChI=1S/C13H12N2O3S/c1-17-9-2-3-10-11(6-9)19-13(15-10)14-7-8-4-5-18-12(8)16/h2-3,6-7H,4-5H2,1H3,(H,14,15)/b8-7-. The Morgan fingerprint density at radius 3 is 3.16 bits per heavy atom. The molecule has 6 heteroatoms. The Labute approximate surface area is 113 Å². The first-order valence-electron chi connectivity index (χ1n) is 5.83. The molecule has 0 spiro atoms. The summed E-state index contributed by atoms with van der Waals surface area (Å²) in [6.07, 6.45) is 2.31. The van der Waals surface area contributed by atoms with E-state index in [1.807, 2.05) is 18.2 Å². The summed E-state index contributed by atoms with van der Waals surface area (Å²) in [6, 6.07) is 5.72. The molecule has 0 aliphatic carbocycles. The number of cyclic esters (lactones) is 1. The number of ether oxygens (including phenoxy) is 2. The molecule has 0 unspecified atom stereocenters. The second kappa shape index (κ2) is 4.89. The molecule has 0 bridgehead atoms. The van der Waals surface area contributed by atoms with Gasteiger partial charge in [0.15, 0.2) is 5.13 Å². The lowest BCUT2D eigenvalue weighted by molar-refractivity contribution is -0.135. The van der Waals surface area contributed by atoms with Crippen molar-refractivity contribution in [1.29, 1.82) is 0 Å². The molecule has 3 rings (SSSR count). The molecule has 0 amide bonds. The summed E-state index contributed by atoms with van der Waals surface area (Å²) in [5, 5.41) is 3.79. The quantitative estimate of drug-likeness (QED) is 0.689. The van der Waals surface area contributed by atoms with E-state index in [9.17, 15) is 4.79 Å². The van der Waals surface area contributed by atoms with Crippen molar-refractivity contribution in [3.63, 3.8) is 0 Å². The van der Waals surface area contributed by atoms with Crippen LogP contribution in [0, 0.1) is 0 Å². The van der Waals surface area contributed by atoms with Crippen molar-refractivity contribution < 1.29 is 14.3 Å².